The summed E-state index contributed by atoms with van der Waals surface area (Å²) < 4.78 is 35.0. The average Bonchev–Trinajstić information content (AvgIpc) is 2.58. The van der Waals surface area contributed by atoms with E-state index in [0.717, 1.165) is 6.20 Å². The first kappa shape index (κ1) is 16.3. The molecule has 5 nitrogen and oxygen atoms in total. The van der Waals surface area contributed by atoms with Crippen LogP contribution in [0.2, 0.25) is 5.15 Å². The first-order chi connectivity index (χ1) is 11.5. The summed E-state index contributed by atoms with van der Waals surface area (Å²) >= 11 is 5.65. The first-order valence-corrected chi connectivity index (χ1v) is 8.70. The summed E-state index contributed by atoms with van der Waals surface area (Å²) in [6, 6.07) is 18.2. The molecule has 0 atom stereocenters. The van der Waals surface area contributed by atoms with Gasteiger partial charge >= 0.3 is 10.1 Å². The molecule has 0 radical (unpaired) electrons. The Morgan fingerprint density at radius 1 is 0.792 bits per heavy atom. The van der Waals surface area contributed by atoms with Gasteiger partial charge in [0.2, 0.25) is 0 Å². The molecule has 0 saturated carbocycles. The molecule has 1 heterocycles. The molecule has 0 aliphatic carbocycles. The van der Waals surface area contributed by atoms with Crippen molar-refractivity contribution in [1.82, 2.24) is 4.98 Å². The Labute approximate surface area is 144 Å². The lowest BCUT2D eigenvalue weighted by Gasteiger charge is -2.08. The number of para-hydroxylation sites is 1. The Morgan fingerprint density at radius 2 is 1.42 bits per heavy atom. The maximum absolute atomic E-state index is 12.2. The molecule has 0 fully saturated rings. The van der Waals surface area contributed by atoms with Crippen LogP contribution in [0.25, 0.3) is 0 Å². The van der Waals surface area contributed by atoms with Gasteiger partial charge in [-0.1, -0.05) is 29.8 Å². The summed E-state index contributed by atoms with van der Waals surface area (Å²) in [5.41, 5.74) is 0. The van der Waals surface area contributed by atoms with E-state index < -0.39 is 10.1 Å². The SMILES string of the molecule is O=S(=O)(Oc1ccc(Oc2ccccc2)cc1)c1ccc(Cl)nc1. The molecule has 7 heteroatoms. The molecule has 2 aromatic carbocycles. The molecule has 122 valence electrons. The molecule has 0 aliphatic rings. The standard InChI is InChI=1S/C17H12ClNO4S/c18-17-11-10-16(12-19-17)24(20,21)23-15-8-6-14(7-9-15)22-13-4-2-1-3-5-13/h1-12H. The molecule has 0 N–H and O–H groups in total. The highest BCUT2D eigenvalue weighted by atomic mass is 35.5. The molecule has 0 saturated heterocycles. The Hall–Kier alpha value is -2.57. The molecule has 24 heavy (non-hydrogen) atoms. The topological polar surface area (TPSA) is 65.5 Å². The second-order valence-electron chi connectivity index (χ2n) is 4.74. The fourth-order valence-electron chi connectivity index (χ4n) is 1.87. The fourth-order valence-corrected chi connectivity index (χ4v) is 2.86. The van der Waals surface area contributed by atoms with Crippen molar-refractivity contribution in [2.24, 2.45) is 0 Å². The highest BCUT2D eigenvalue weighted by Crippen LogP contribution is 2.25. The van der Waals surface area contributed by atoms with Gasteiger partial charge in [-0.25, -0.2) is 4.98 Å². The van der Waals surface area contributed by atoms with Gasteiger partial charge in [0.25, 0.3) is 0 Å². The normalized spacial score (nSPS) is 11.0. The van der Waals surface area contributed by atoms with E-state index in [-0.39, 0.29) is 15.8 Å². The number of hydrogen-bond donors (Lipinski definition) is 0. The van der Waals surface area contributed by atoms with E-state index in [4.69, 9.17) is 20.5 Å². The largest absolute Gasteiger partial charge is 0.457 e. The highest BCUT2D eigenvalue weighted by molar-refractivity contribution is 7.87. The van der Waals surface area contributed by atoms with Crippen LogP contribution in [-0.4, -0.2) is 13.4 Å². The van der Waals surface area contributed by atoms with E-state index >= 15 is 0 Å². The second kappa shape index (κ2) is 6.90. The van der Waals surface area contributed by atoms with Crippen molar-refractivity contribution in [2.45, 2.75) is 4.90 Å². The number of hydrogen-bond acceptors (Lipinski definition) is 5. The van der Waals surface area contributed by atoms with Crippen molar-refractivity contribution in [3.63, 3.8) is 0 Å². The summed E-state index contributed by atoms with van der Waals surface area (Å²) in [6.07, 6.45) is 1.14. The van der Waals surface area contributed by atoms with Crippen LogP contribution >= 0.6 is 11.6 Å². The molecule has 0 bridgehead atoms. The Morgan fingerprint density at radius 3 is 2.04 bits per heavy atom. The molecular weight excluding hydrogens is 350 g/mol. The quantitative estimate of drug-likeness (QED) is 0.501. The maximum atomic E-state index is 12.2. The molecule has 0 aliphatic heterocycles. The zero-order valence-corrected chi connectivity index (χ0v) is 13.9. The lowest BCUT2D eigenvalue weighted by molar-refractivity contribution is 0.474. The van der Waals surface area contributed by atoms with E-state index in [1.54, 1.807) is 12.1 Å². The molecule has 3 aromatic rings. The monoisotopic (exact) mass is 361 g/mol. The third-order valence-electron chi connectivity index (χ3n) is 3.00. The van der Waals surface area contributed by atoms with Crippen molar-refractivity contribution in [3.05, 3.63) is 78.1 Å². The van der Waals surface area contributed by atoms with E-state index in [9.17, 15) is 8.42 Å². The predicted molar refractivity (Wildman–Crippen MR) is 90.0 cm³/mol. The van der Waals surface area contributed by atoms with E-state index in [1.807, 2.05) is 30.3 Å². The fraction of sp³-hybridized carbons (Fsp3) is 0. The molecular formula is C17H12ClNO4S. The third kappa shape index (κ3) is 4.04. The van der Waals surface area contributed by atoms with Crippen LogP contribution < -0.4 is 8.92 Å². The van der Waals surface area contributed by atoms with Crippen molar-refractivity contribution in [2.75, 3.05) is 0 Å². The average molecular weight is 362 g/mol. The number of halogens is 1. The van der Waals surface area contributed by atoms with Gasteiger partial charge in [0.1, 0.15) is 27.3 Å². The van der Waals surface area contributed by atoms with Crippen LogP contribution in [0.5, 0.6) is 17.2 Å². The van der Waals surface area contributed by atoms with Gasteiger partial charge in [-0.05, 0) is 48.5 Å². The predicted octanol–water partition coefficient (Wildman–Crippen LogP) is 4.30. The molecule has 1 aromatic heterocycles. The van der Waals surface area contributed by atoms with Crippen molar-refractivity contribution in [3.8, 4) is 17.2 Å². The third-order valence-corrected chi connectivity index (χ3v) is 4.45. The maximum Gasteiger partial charge on any atom is 0.340 e. The van der Waals surface area contributed by atoms with Crippen molar-refractivity contribution in [1.29, 1.82) is 0 Å². The van der Waals surface area contributed by atoms with Gasteiger partial charge in [-0.3, -0.25) is 0 Å². The summed E-state index contributed by atoms with van der Waals surface area (Å²) in [5, 5.41) is 0.205. The Balaban J connectivity index is 1.73. The number of aromatic nitrogens is 1. The lowest BCUT2D eigenvalue weighted by atomic mass is 10.3. The zero-order chi connectivity index (χ0) is 17.0. The van der Waals surface area contributed by atoms with E-state index in [1.165, 1.54) is 24.3 Å². The lowest BCUT2D eigenvalue weighted by Crippen LogP contribution is -2.09. The van der Waals surface area contributed by atoms with Crippen molar-refractivity contribution >= 4 is 21.7 Å². The highest BCUT2D eigenvalue weighted by Gasteiger charge is 2.17. The van der Waals surface area contributed by atoms with E-state index in [0.29, 0.717) is 11.5 Å². The van der Waals surface area contributed by atoms with Gasteiger partial charge in [0.05, 0.1) is 6.20 Å². The molecule has 0 amide bonds. The summed E-state index contributed by atoms with van der Waals surface area (Å²) in [5.74, 6) is 1.43. The number of ether oxygens (including phenoxy) is 1. The summed E-state index contributed by atoms with van der Waals surface area (Å²) in [6.45, 7) is 0. The zero-order valence-electron chi connectivity index (χ0n) is 12.3. The van der Waals surface area contributed by atoms with Crippen LogP contribution in [0.4, 0.5) is 0 Å². The number of benzene rings is 2. The second-order valence-corrected chi connectivity index (χ2v) is 6.67. The number of pyridine rings is 1. The Kier molecular flexibility index (Phi) is 4.69. The summed E-state index contributed by atoms with van der Waals surface area (Å²) in [4.78, 5) is 3.66. The first-order valence-electron chi connectivity index (χ1n) is 6.92. The minimum Gasteiger partial charge on any atom is -0.457 e. The molecule has 0 spiro atoms. The van der Waals surface area contributed by atoms with Gasteiger partial charge in [0.15, 0.2) is 0 Å². The number of nitrogens with zero attached hydrogens (tertiary/aromatic N) is 1. The van der Waals surface area contributed by atoms with Gasteiger partial charge in [-0.2, -0.15) is 8.42 Å². The molecule has 3 rings (SSSR count). The minimum atomic E-state index is -3.96. The molecule has 0 unspecified atom stereocenters. The van der Waals surface area contributed by atoms with Gasteiger partial charge < -0.3 is 8.92 Å². The Bertz CT molecular complexity index is 911. The smallest absolute Gasteiger partial charge is 0.340 e. The van der Waals surface area contributed by atoms with E-state index in [2.05, 4.69) is 4.98 Å². The minimum absolute atomic E-state index is 0.0727. The van der Waals surface area contributed by atoms with Crippen LogP contribution in [0.1, 0.15) is 0 Å². The van der Waals surface area contributed by atoms with Crippen LogP contribution in [-0.2, 0) is 10.1 Å². The van der Waals surface area contributed by atoms with Crippen LogP contribution in [0, 0.1) is 0 Å². The van der Waals surface area contributed by atoms with Crippen LogP contribution in [0.3, 0.4) is 0 Å². The van der Waals surface area contributed by atoms with Crippen LogP contribution in [0.15, 0.2) is 77.8 Å². The number of rotatable bonds is 5. The summed E-state index contributed by atoms with van der Waals surface area (Å²) in [7, 11) is -3.96. The van der Waals surface area contributed by atoms with Gasteiger partial charge in [0, 0.05) is 0 Å². The van der Waals surface area contributed by atoms with Crippen molar-refractivity contribution < 1.29 is 17.3 Å². The van der Waals surface area contributed by atoms with Gasteiger partial charge in [-0.15, -0.1) is 0 Å².